The van der Waals surface area contributed by atoms with E-state index in [0.717, 1.165) is 11.8 Å². The van der Waals surface area contributed by atoms with Gasteiger partial charge in [0.2, 0.25) is 0 Å². The zero-order chi connectivity index (χ0) is 19.7. The number of phosphoric ester groups is 1. The third-order valence-electron chi connectivity index (χ3n) is 3.49. The molecule has 144 valence electrons. The lowest BCUT2D eigenvalue weighted by Crippen LogP contribution is -2.13. The lowest BCUT2D eigenvalue weighted by Gasteiger charge is -2.18. The highest BCUT2D eigenvalue weighted by Gasteiger charge is 2.37. The highest BCUT2D eigenvalue weighted by Crippen LogP contribution is 2.59. The molecule has 12 heteroatoms. The number of benzene rings is 1. The van der Waals surface area contributed by atoms with E-state index in [0.29, 0.717) is 21.2 Å². The van der Waals surface area contributed by atoms with Crippen LogP contribution in [0, 0.1) is 0 Å². The Kier molecular flexibility index (Phi) is 6.43. The van der Waals surface area contributed by atoms with Gasteiger partial charge in [0.15, 0.2) is 5.76 Å². The quantitative estimate of drug-likeness (QED) is 0.398. The Hall–Kier alpha value is -1.09. The normalized spacial score (nSPS) is 20.9. The molecule has 1 heterocycles. The van der Waals surface area contributed by atoms with Gasteiger partial charge in [-0.2, -0.15) is 4.31 Å². The van der Waals surface area contributed by atoms with E-state index < -0.39 is 21.7 Å². The molecule has 26 heavy (non-hydrogen) atoms. The monoisotopic (exact) mass is 423 g/mol. The molecule has 0 spiro atoms. The van der Waals surface area contributed by atoms with E-state index in [9.17, 15) is 19.1 Å². The molecule has 2 unspecified atom stereocenters. The number of phosphoric acid groups is 2. The molecular weight excluding hydrogens is 404 g/mol. The third kappa shape index (κ3) is 5.22. The average molecular weight is 423 g/mol. The van der Waals surface area contributed by atoms with Crippen LogP contribution in [0.2, 0.25) is 0 Å². The number of allylic oxidation sites excluding steroid dienone is 1. The van der Waals surface area contributed by atoms with Gasteiger partial charge >= 0.3 is 15.6 Å². The van der Waals surface area contributed by atoms with E-state index >= 15 is 0 Å². The number of hydrogen-bond acceptors (Lipinski definition) is 7. The molecule has 0 amide bonds. The van der Waals surface area contributed by atoms with E-state index in [-0.39, 0.29) is 5.76 Å². The Labute approximate surface area is 154 Å². The van der Waals surface area contributed by atoms with E-state index in [2.05, 4.69) is 4.31 Å². The first-order valence-corrected chi connectivity index (χ1v) is 11.1. The Morgan fingerprint density at radius 1 is 1.19 bits per heavy atom. The lowest BCUT2D eigenvalue weighted by molar-refractivity contribution is 0.156. The van der Waals surface area contributed by atoms with Crippen molar-refractivity contribution in [1.29, 1.82) is 0 Å². The molecule has 1 aromatic rings. The summed E-state index contributed by atoms with van der Waals surface area (Å²) in [6.45, 7) is 3.16. The Morgan fingerprint density at radius 3 is 2.31 bits per heavy atom. The maximum absolute atomic E-state index is 11.7. The standard InChI is InChI=1S/C14H19NO8P2S/c1-9-13(10(2)22-25(20,21)23-24(17,18)19)26-14(15(9)3)12(16)11-7-5-4-6-8-11/h4-8,10,16H,1-3H3,(H,20,21)(H2,17,18,19)/b14-12-. The molecule has 9 nitrogen and oxygen atoms in total. The smallest absolute Gasteiger partial charge is 0.481 e. The maximum atomic E-state index is 11.7. The van der Waals surface area contributed by atoms with Gasteiger partial charge in [0.05, 0.1) is 6.10 Å². The molecule has 0 fully saturated rings. The number of rotatable bonds is 6. The highest BCUT2D eigenvalue weighted by atomic mass is 32.2. The summed E-state index contributed by atoms with van der Waals surface area (Å²) in [5, 5.41) is 11.0. The van der Waals surface area contributed by atoms with Crippen LogP contribution in [0.25, 0.3) is 5.76 Å². The van der Waals surface area contributed by atoms with Gasteiger partial charge < -0.3 is 24.7 Å². The van der Waals surface area contributed by atoms with Gasteiger partial charge in [0.25, 0.3) is 0 Å². The number of aliphatic hydroxyl groups excluding tert-OH is 1. The van der Waals surface area contributed by atoms with Crippen molar-refractivity contribution in [3.63, 3.8) is 0 Å². The van der Waals surface area contributed by atoms with Crippen LogP contribution in [0.3, 0.4) is 0 Å². The van der Waals surface area contributed by atoms with E-state index in [4.69, 9.17) is 14.3 Å². The summed E-state index contributed by atoms with van der Waals surface area (Å²) in [5.74, 6) is 0.0262. The Morgan fingerprint density at radius 2 is 1.77 bits per heavy atom. The molecule has 0 radical (unpaired) electrons. The summed E-state index contributed by atoms with van der Waals surface area (Å²) in [4.78, 5) is 29.0. The predicted molar refractivity (Wildman–Crippen MR) is 97.5 cm³/mol. The first-order chi connectivity index (χ1) is 11.9. The molecule has 0 aromatic heterocycles. The van der Waals surface area contributed by atoms with Crippen molar-refractivity contribution < 1.29 is 37.8 Å². The summed E-state index contributed by atoms with van der Waals surface area (Å²) in [6.07, 6.45) is -1.01. The van der Waals surface area contributed by atoms with Gasteiger partial charge in [0.1, 0.15) is 5.03 Å². The summed E-state index contributed by atoms with van der Waals surface area (Å²) >= 11 is 1.12. The molecule has 0 aliphatic carbocycles. The van der Waals surface area contributed by atoms with Crippen LogP contribution in [0.1, 0.15) is 19.4 Å². The minimum absolute atomic E-state index is 0.0262. The zero-order valence-electron chi connectivity index (χ0n) is 14.1. The molecule has 2 rings (SSSR count). The van der Waals surface area contributed by atoms with Gasteiger partial charge in [-0.15, -0.1) is 0 Å². The van der Waals surface area contributed by atoms with E-state index in [1.54, 1.807) is 43.1 Å². The van der Waals surface area contributed by atoms with Crippen LogP contribution in [0.4, 0.5) is 0 Å². The Bertz CT molecular complexity index is 835. The second-order valence-corrected chi connectivity index (χ2v) is 9.23. The molecule has 0 saturated heterocycles. The molecule has 0 bridgehead atoms. The lowest BCUT2D eigenvalue weighted by atomic mass is 10.2. The molecule has 4 N–H and O–H groups in total. The van der Waals surface area contributed by atoms with Crippen LogP contribution >= 0.6 is 27.4 Å². The Balaban J connectivity index is 2.23. The highest BCUT2D eigenvalue weighted by molar-refractivity contribution is 8.07. The van der Waals surface area contributed by atoms with Gasteiger partial charge in [-0.1, -0.05) is 42.1 Å². The summed E-state index contributed by atoms with van der Waals surface area (Å²) in [5.41, 5.74) is 1.25. The topological polar surface area (TPSA) is 137 Å². The van der Waals surface area contributed by atoms with Crippen molar-refractivity contribution in [2.45, 2.75) is 20.0 Å². The minimum Gasteiger partial charge on any atom is -0.505 e. The van der Waals surface area contributed by atoms with Gasteiger partial charge in [-0.25, -0.2) is 9.13 Å². The second-order valence-electron chi connectivity index (χ2n) is 5.42. The SMILES string of the molecule is CC1=C(C(C)OP(=O)(O)OP(=O)(O)O)S/C(=C(\O)c2ccccc2)N1C. The van der Waals surface area contributed by atoms with Gasteiger partial charge in [-0.05, 0) is 13.8 Å². The number of hydrogen-bond donors (Lipinski definition) is 4. The second kappa shape index (κ2) is 7.88. The van der Waals surface area contributed by atoms with Crippen LogP contribution in [-0.4, -0.2) is 37.8 Å². The van der Waals surface area contributed by atoms with E-state index in [1.165, 1.54) is 6.92 Å². The largest absolute Gasteiger partial charge is 0.505 e. The van der Waals surface area contributed by atoms with Crippen LogP contribution in [-0.2, 0) is 18.0 Å². The summed E-state index contributed by atoms with van der Waals surface area (Å²) in [6, 6.07) is 8.84. The summed E-state index contributed by atoms with van der Waals surface area (Å²) < 4.78 is 31.1. The van der Waals surface area contributed by atoms with Crippen molar-refractivity contribution in [2.75, 3.05) is 7.05 Å². The molecule has 0 saturated carbocycles. The fourth-order valence-electron chi connectivity index (χ4n) is 2.27. The van der Waals surface area contributed by atoms with Gasteiger partial charge in [-0.3, -0.25) is 4.52 Å². The van der Waals surface area contributed by atoms with Crippen LogP contribution in [0.5, 0.6) is 0 Å². The minimum atomic E-state index is -5.19. The molecule has 2 atom stereocenters. The third-order valence-corrected chi connectivity index (χ3v) is 7.26. The fourth-order valence-corrected chi connectivity index (χ4v) is 5.27. The zero-order valence-corrected chi connectivity index (χ0v) is 16.7. The van der Waals surface area contributed by atoms with Crippen molar-refractivity contribution in [3.05, 3.63) is 51.5 Å². The molecular formula is C14H19NO8P2S. The predicted octanol–water partition coefficient (Wildman–Crippen LogP) is 3.40. The first-order valence-electron chi connectivity index (χ1n) is 7.30. The number of aliphatic hydroxyl groups is 1. The number of nitrogens with zero attached hydrogens (tertiary/aromatic N) is 1. The average Bonchev–Trinajstić information content (AvgIpc) is 2.80. The van der Waals surface area contributed by atoms with Crippen molar-refractivity contribution in [3.8, 4) is 0 Å². The fraction of sp³-hybridized carbons (Fsp3) is 0.286. The van der Waals surface area contributed by atoms with E-state index in [1.807, 2.05) is 6.07 Å². The molecule has 1 aromatic carbocycles. The first kappa shape index (κ1) is 21.2. The molecule has 1 aliphatic heterocycles. The van der Waals surface area contributed by atoms with Crippen molar-refractivity contribution in [1.82, 2.24) is 4.90 Å². The number of thioether (sulfide) groups is 1. The maximum Gasteiger partial charge on any atom is 0.481 e. The van der Waals surface area contributed by atoms with Crippen molar-refractivity contribution in [2.24, 2.45) is 0 Å². The van der Waals surface area contributed by atoms with Crippen LogP contribution in [0.15, 0.2) is 46.0 Å². The van der Waals surface area contributed by atoms with Gasteiger partial charge in [0, 0.05) is 23.2 Å². The van der Waals surface area contributed by atoms with Crippen LogP contribution < -0.4 is 0 Å². The molecule has 1 aliphatic rings. The van der Waals surface area contributed by atoms with Crippen molar-refractivity contribution >= 4 is 33.2 Å². The summed E-state index contributed by atoms with van der Waals surface area (Å²) in [7, 11) is -8.46.